The van der Waals surface area contributed by atoms with E-state index in [9.17, 15) is 14.0 Å². The summed E-state index contributed by atoms with van der Waals surface area (Å²) < 4.78 is 18.9. The molecule has 3 rings (SSSR count). The van der Waals surface area contributed by atoms with Crippen LogP contribution in [0, 0.1) is 5.82 Å². The number of hydrogen-bond donors (Lipinski definition) is 2. The summed E-state index contributed by atoms with van der Waals surface area (Å²) in [6, 6.07) is 13.8. The summed E-state index contributed by atoms with van der Waals surface area (Å²) in [7, 11) is 0. The third-order valence-corrected chi connectivity index (χ3v) is 5.54. The molecule has 2 aromatic rings. The predicted molar refractivity (Wildman–Crippen MR) is 118 cm³/mol. The van der Waals surface area contributed by atoms with Crippen molar-refractivity contribution in [3.63, 3.8) is 0 Å². The summed E-state index contributed by atoms with van der Waals surface area (Å²) in [6.45, 7) is 7.19. The molecular weight excluding hydrogens is 395 g/mol. The fourth-order valence-corrected chi connectivity index (χ4v) is 3.65. The number of ether oxygens (including phenoxy) is 1. The van der Waals surface area contributed by atoms with Gasteiger partial charge in [0.15, 0.2) is 0 Å². The zero-order valence-electron chi connectivity index (χ0n) is 18.4. The highest BCUT2D eigenvalue weighted by atomic mass is 19.1. The highest BCUT2D eigenvalue weighted by Gasteiger charge is 2.25. The van der Waals surface area contributed by atoms with E-state index in [0.29, 0.717) is 18.6 Å². The van der Waals surface area contributed by atoms with Crippen molar-refractivity contribution in [2.75, 3.05) is 13.2 Å². The molecule has 6 heteroatoms. The van der Waals surface area contributed by atoms with Crippen LogP contribution in [0.5, 0.6) is 0 Å². The number of halogens is 1. The van der Waals surface area contributed by atoms with Crippen LogP contribution in [0.1, 0.15) is 67.6 Å². The molecular formula is C25H31FN2O3. The molecule has 5 nitrogen and oxygen atoms in total. The van der Waals surface area contributed by atoms with Gasteiger partial charge in [-0.2, -0.15) is 0 Å². The van der Waals surface area contributed by atoms with Gasteiger partial charge in [0, 0.05) is 31.2 Å². The first-order valence-corrected chi connectivity index (χ1v) is 10.8. The second-order valence-corrected chi connectivity index (χ2v) is 9.03. The lowest BCUT2D eigenvalue weighted by Crippen LogP contribution is -2.41. The van der Waals surface area contributed by atoms with Crippen LogP contribution in [0.2, 0.25) is 0 Å². The molecule has 2 N–H and O–H groups in total. The summed E-state index contributed by atoms with van der Waals surface area (Å²) in [5.74, 6) is -0.569. The normalized spacial score (nSPS) is 19.0. The average Bonchev–Trinajstić information content (AvgIpc) is 2.74. The topological polar surface area (TPSA) is 67.4 Å². The second-order valence-electron chi connectivity index (χ2n) is 9.03. The maximum absolute atomic E-state index is 13.1. The summed E-state index contributed by atoms with van der Waals surface area (Å²) in [5.41, 5.74) is 2.69. The molecule has 0 bridgehead atoms. The summed E-state index contributed by atoms with van der Waals surface area (Å²) in [6.07, 6.45) is 1.43. The molecule has 166 valence electrons. The molecule has 0 radical (unpaired) electrons. The molecule has 1 aliphatic rings. The second kappa shape index (κ2) is 10.1. The Bertz CT molecular complexity index is 888. The SMILES string of the molecule is CC(C)(C)c1ccc(C(=O)NCCC(=O)N[C@H]2CCO[C@@H](c3ccc(F)cc3)C2)cc1. The van der Waals surface area contributed by atoms with Crippen LogP contribution >= 0.6 is 0 Å². The first kappa shape index (κ1) is 22.9. The Morgan fingerprint density at radius 2 is 1.74 bits per heavy atom. The number of carbonyl (C=O) groups is 2. The number of amides is 2. The standard InChI is InChI=1S/C25H31FN2O3/c1-25(2,3)19-8-4-18(5-9-19)24(30)27-14-12-23(29)28-21-13-15-31-22(16-21)17-6-10-20(26)11-7-17/h4-11,21-22H,12-16H2,1-3H3,(H,27,30)(H,28,29)/t21-,22+/m0/s1. The van der Waals surface area contributed by atoms with Crippen molar-refractivity contribution in [2.45, 2.75) is 57.6 Å². The number of hydrogen-bond acceptors (Lipinski definition) is 3. The van der Waals surface area contributed by atoms with Gasteiger partial charge in [0.05, 0.1) is 6.10 Å². The first-order valence-electron chi connectivity index (χ1n) is 10.8. The monoisotopic (exact) mass is 426 g/mol. The van der Waals surface area contributed by atoms with Crippen LogP contribution < -0.4 is 10.6 Å². The lowest BCUT2D eigenvalue weighted by atomic mass is 9.87. The summed E-state index contributed by atoms with van der Waals surface area (Å²) >= 11 is 0. The Balaban J connectivity index is 1.42. The number of nitrogens with one attached hydrogen (secondary N) is 2. The van der Waals surface area contributed by atoms with Gasteiger partial charge in [-0.15, -0.1) is 0 Å². The van der Waals surface area contributed by atoms with Crippen LogP contribution in [-0.2, 0) is 14.9 Å². The smallest absolute Gasteiger partial charge is 0.251 e. The molecule has 1 saturated heterocycles. The molecule has 2 aromatic carbocycles. The third-order valence-electron chi connectivity index (χ3n) is 5.54. The van der Waals surface area contributed by atoms with Crippen molar-refractivity contribution in [2.24, 2.45) is 0 Å². The van der Waals surface area contributed by atoms with Crippen molar-refractivity contribution in [3.05, 3.63) is 71.0 Å². The van der Waals surface area contributed by atoms with Crippen molar-refractivity contribution in [1.82, 2.24) is 10.6 Å². The van der Waals surface area contributed by atoms with Crippen molar-refractivity contribution in [1.29, 1.82) is 0 Å². The summed E-state index contributed by atoms with van der Waals surface area (Å²) in [5, 5.41) is 5.83. The molecule has 31 heavy (non-hydrogen) atoms. The van der Waals surface area contributed by atoms with Crippen LogP contribution in [0.3, 0.4) is 0 Å². The molecule has 0 aromatic heterocycles. The lowest BCUT2D eigenvalue weighted by Gasteiger charge is -2.30. The minimum absolute atomic E-state index is 0.00283. The van der Waals surface area contributed by atoms with E-state index in [4.69, 9.17) is 4.74 Å². The molecule has 2 amide bonds. The molecule has 0 spiro atoms. The Morgan fingerprint density at radius 3 is 2.39 bits per heavy atom. The fourth-order valence-electron chi connectivity index (χ4n) is 3.65. The maximum Gasteiger partial charge on any atom is 0.251 e. The number of benzene rings is 2. The fraction of sp³-hybridized carbons (Fsp3) is 0.440. The quantitative estimate of drug-likeness (QED) is 0.725. The Morgan fingerprint density at radius 1 is 1.06 bits per heavy atom. The van der Waals surface area contributed by atoms with Gasteiger partial charge in [-0.3, -0.25) is 9.59 Å². The zero-order valence-corrected chi connectivity index (χ0v) is 18.4. The van der Waals surface area contributed by atoms with Crippen LogP contribution in [0.25, 0.3) is 0 Å². The van der Waals surface area contributed by atoms with E-state index in [2.05, 4.69) is 31.4 Å². The molecule has 0 aliphatic carbocycles. The van der Waals surface area contributed by atoms with Gasteiger partial charge in [-0.05, 0) is 53.6 Å². The third kappa shape index (κ3) is 6.62. The van der Waals surface area contributed by atoms with Gasteiger partial charge in [0.1, 0.15) is 5.82 Å². The van der Waals surface area contributed by atoms with Crippen molar-refractivity contribution < 1.29 is 18.7 Å². The number of rotatable bonds is 6. The van der Waals surface area contributed by atoms with E-state index in [1.54, 1.807) is 12.1 Å². The maximum atomic E-state index is 13.1. The van der Waals surface area contributed by atoms with E-state index in [1.165, 1.54) is 17.7 Å². The molecule has 0 unspecified atom stereocenters. The van der Waals surface area contributed by atoms with Crippen LogP contribution in [0.4, 0.5) is 4.39 Å². The van der Waals surface area contributed by atoms with Gasteiger partial charge in [-0.1, -0.05) is 45.0 Å². The number of carbonyl (C=O) groups excluding carboxylic acids is 2. The first-order chi connectivity index (χ1) is 14.7. The van der Waals surface area contributed by atoms with Gasteiger partial charge in [-0.25, -0.2) is 4.39 Å². The van der Waals surface area contributed by atoms with Crippen molar-refractivity contribution >= 4 is 11.8 Å². The molecule has 1 aliphatic heterocycles. The molecule has 0 saturated carbocycles. The highest BCUT2D eigenvalue weighted by Crippen LogP contribution is 2.28. The Kier molecular flexibility index (Phi) is 7.44. The zero-order chi connectivity index (χ0) is 22.4. The van der Waals surface area contributed by atoms with E-state index in [-0.39, 0.29) is 48.2 Å². The largest absolute Gasteiger partial charge is 0.373 e. The molecule has 1 fully saturated rings. The van der Waals surface area contributed by atoms with Crippen LogP contribution in [-0.4, -0.2) is 31.0 Å². The highest BCUT2D eigenvalue weighted by molar-refractivity contribution is 5.94. The van der Waals surface area contributed by atoms with Gasteiger partial charge >= 0.3 is 0 Å². The molecule has 2 atom stereocenters. The molecule has 1 heterocycles. The minimum atomic E-state index is -0.281. The van der Waals surface area contributed by atoms with Gasteiger partial charge in [0.2, 0.25) is 5.91 Å². The van der Waals surface area contributed by atoms with E-state index in [0.717, 1.165) is 12.0 Å². The van der Waals surface area contributed by atoms with Crippen LogP contribution in [0.15, 0.2) is 48.5 Å². The van der Waals surface area contributed by atoms with Gasteiger partial charge in [0.25, 0.3) is 5.91 Å². The Hall–Kier alpha value is -2.73. The van der Waals surface area contributed by atoms with E-state index >= 15 is 0 Å². The Labute approximate surface area is 183 Å². The predicted octanol–water partition coefficient (Wildman–Crippen LogP) is 4.28. The van der Waals surface area contributed by atoms with Gasteiger partial charge < -0.3 is 15.4 Å². The lowest BCUT2D eigenvalue weighted by molar-refractivity contribution is -0.122. The van der Waals surface area contributed by atoms with Crippen molar-refractivity contribution in [3.8, 4) is 0 Å². The van der Waals surface area contributed by atoms with E-state index < -0.39 is 0 Å². The average molecular weight is 427 g/mol. The minimum Gasteiger partial charge on any atom is -0.373 e. The van der Waals surface area contributed by atoms with E-state index in [1.807, 2.05) is 24.3 Å². The summed E-state index contributed by atoms with van der Waals surface area (Å²) in [4.78, 5) is 24.6.